The van der Waals surface area contributed by atoms with Crippen LogP contribution in [0.15, 0.2) is 47.0 Å². The molecule has 0 saturated carbocycles. The van der Waals surface area contributed by atoms with E-state index in [0.717, 1.165) is 0 Å². The molecule has 1 aromatic heterocycles. The van der Waals surface area contributed by atoms with Crippen molar-refractivity contribution in [1.82, 2.24) is 15.5 Å². The maximum atomic E-state index is 12.0. The Balaban J connectivity index is 1.61. The highest BCUT2D eigenvalue weighted by molar-refractivity contribution is 5.89. The zero-order chi connectivity index (χ0) is 19.9. The lowest BCUT2D eigenvalue weighted by molar-refractivity contribution is 0.249. The third-order valence-electron chi connectivity index (χ3n) is 3.84. The van der Waals surface area contributed by atoms with Crippen molar-refractivity contribution in [3.8, 4) is 28.6 Å². The van der Waals surface area contributed by atoms with Crippen LogP contribution >= 0.6 is 0 Å². The van der Waals surface area contributed by atoms with Gasteiger partial charge in [0.05, 0.1) is 27.9 Å². The van der Waals surface area contributed by atoms with Crippen LogP contribution in [0.3, 0.4) is 0 Å². The lowest BCUT2D eigenvalue weighted by Gasteiger charge is -2.07. The third kappa shape index (κ3) is 4.50. The Morgan fingerprint density at radius 2 is 1.86 bits per heavy atom. The maximum absolute atomic E-state index is 12.0. The molecule has 0 unspecified atom stereocenters. The molecule has 0 aliphatic rings. The normalized spacial score (nSPS) is 10.2. The van der Waals surface area contributed by atoms with E-state index >= 15 is 0 Å². The van der Waals surface area contributed by atoms with Crippen LogP contribution in [0.25, 0.3) is 11.4 Å². The number of nitrogens with one attached hydrogen (secondary N) is 2. The number of nitrogens with zero attached hydrogens (tertiary/aromatic N) is 2. The molecule has 2 aromatic carbocycles. The number of methoxy groups -OCH3 is 3. The number of urea groups is 1. The summed E-state index contributed by atoms with van der Waals surface area (Å²) in [5.74, 6) is 2.46. The molecule has 2 N–H and O–H groups in total. The van der Waals surface area contributed by atoms with Crippen LogP contribution in [0.4, 0.5) is 10.5 Å². The van der Waals surface area contributed by atoms with E-state index in [4.69, 9.17) is 18.7 Å². The van der Waals surface area contributed by atoms with E-state index in [9.17, 15) is 4.79 Å². The Hall–Kier alpha value is -3.75. The molecule has 0 aliphatic carbocycles. The second kappa shape index (κ2) is 8.76. The predicted octanol–water partition coefficient (Wildman–Crippen LogP) is 3.08. The number of rotatable bonds is 7. The van der Waals surface area contributed by atoms with E-state index in [-0.39, 0.29) is 12.4 Å². The first-order valence-corrected chi connectivity index (χ1v) is 8.37. The van der Waals surface area contributed by atoms with Crippen molar-refractivity contribution in [2.24, 2.45) is 0 Å². The number of hydrogen-bond donors (Lipinski definition) is 2. The zero-order valence-electron chi connectivity index (χ0n) is 15.7. The number of carbonyl (C=O) groups is 1. The van der Waals surface area contributed by atoms with Crippen LogP contribution in [0.5, 0.6) is 17.2 Å². The summed E-state index contributed by atoms with van der Waals surface area (Å²) in [4.78, 5) is 16.3. The third-order valence-corrected chi connectivity index (χ3v) is 3.84. The summed E-state index contributed by atoms with van der Waals surface area (Å²) >= 11 is 0. The van der Waals surface area contributed by atoms with Crippen molar-refractivity contribution >= 4 is 11.7 Å². The van der Waals surface area contributed by atoms with Gasteiger partial charge in [0.15, 0.2) is 11.5 Å². The molecule has 3 aromatic rings. The van der Waals surface area contributed by atoms with Gasteiger partial charge in [-0.2, -0.15) is 4.98 Å². The van der Waals surface area contributed by atoms with E-state index in [2.05, 4.69) is 20.8 Å². The summed E-state index contributed by atoms with van der Waals surface area (Å²) in [5, 5.41) is 9.29. The largest absolute Gasteiger partial charge is 0.497 e. The standard InChI is InChI=1S/C19H20N4O5/c1-25-14-6-4-5-13(10-14)21-19(24)20-11-17-22-18(23-28-17)12-7-8-15(26-2)16(9-12)27-3/h4-10H,11H2,1-3H3,(H2,20,21,24). The highest BCUT2D eigenvalue weighted by atomic mass is 16.5. The molecule has 0 saturated heterocycles. The Morgan fingerprint density at radius 3 is 2.61 bits per heavy atom. The summed E-state index contributed by atoms with van der Waals surface area (Å²) in [6.07, 6.45) is 0. The summed E-state index contributed by atoms with van der Waals surface area (Å²) < 4.78 is 20.8. The van der Waals surface area contributed by atoms with Crippen LogP contribution in [0.1, 0.15) is 5.89 Å². The van der Waals surface area contributed by atoms with Gasteiger partial charge in [-0.1, -0.05) is 11.2 Å². The molecular weight excluding hydrogens is 364 g/mol. The molecule has 9 heteroatoms. The highest BCUT2D eigenvalue weighted by Crippen LogP contribution is 2.31. The van der Waals surface area contributed by atoms with Gasteiger partial charge >= 0.3 is 6.03 Å². The van der Waals surface area contributed by atoms with Crippen molar-refractivity contribution < 1.29 is 23.5 Å². The number of benzene rings is 2. The van der Waals surface area contributed by atoms with E-state index in [1.54, 1.807) is 63.8 Å². The van der Waals surface area contributed by atoms with Crippen molar-refractivity contribution in [3.05, 3.63) is 48.4 Å². The van der Waals surface area contributed by atoms with E-state index in [1.165, 1.54) is 0 Å². The molecule has 0 bridgehead atoms. The quantitative estimate of drug-likeness (QED) is 0.644. The van der Waals surface area contributed by atoms with Gasteiger partial charge in [-0.3, -0.25) is 0 Å². The lowest BCUT2D eigenvalue weighted by atomic mass is 10.2. The molecule has 0 fully saturated rings. The topological polar surface area (TPSA) is 108 Å². The molecule has 2 amide bonds. The average Bonchev–Trinajstić information content (AvgIpc) is 3.21. The maximum Gasteiger partial charge on any atom is 0.319 e. The second-order valence-electron chi connectivity index (χ2n) is 5.62. The molecule has 0 radical (unpaired) electrons. The zero-order valence-corrected chi connectivity index (χ0v) is 15.7. The van der Waals surface area contributed by atoms with Crippen molar-refractivity contribution in [2.75, 3.05) is 26.6 Å². The molecular formula is C19H20N4O5. The summed E-state index contributed by atoms with van der Waals surface area (Å²) in [6, 6.07) is 11.9. The highest BCUT2D eigenvalue weighted by Gasteiger charge is 2.13. The predicted molar refractivity (Wildman–Crippen MR) is 102 cm³/mol. The Bertz CT molecular complexity index is 957. The van der Waals surface area contributed by atoms with E-state index in [1.807, 2.05) is 0 Å². The van der Waals surface area contributed by atoms with Crippen LogP contribution in [-0.4, -0.2) is 37.5 Å². The molecule has 3 rings (SSSR count). The fourth-order valence-electron chi connectivity index (χ4n) is 2.45. The molecule has 146 valence electrons. The Kier molecular flexibility index (Phi) is 5.95. The van der Waals surface area contributed by atoms with Gasteiger partial charge < -0.3 is 29.4 Å². The minimum atomic E-state index is -0.404. The van der Waals surface area contributed by atoms with Gasteiger partial charge in [0, 0.05) is 17.3 Å². The summed E-state index contributed by atoms with van der Waals surface area (Å²) in [6.45, 7) is 0.0795. The smallest absolute Gasteiger partial charge is 0.319 e. The molecule has 28 heavy (non-hydrogen) atoms. The van der Waals surface area contributed by atoms with Gasteiger partial charge in [0.2, 0.25) is 11.7 Å². The van der Waals surface area contributed by atoms with E-state index in [0.29, 0.717) is 34.3 Å². The fraction of sp³-hybridized carbons (Fsp3) is 0.211. The van der Waals surface area contributed by atoms with E-state index < -0.39 is 6.03 Å². The van der Waals surface area contributed by atoms with Crippen molar-refractivity contribution in [2.45, 2.75) is 6.54 Å². The van der Waals surface area contributed by atoms with Crippen LogP contribution in [-0.2, 0) is 6.54 Å². The van der Waals surface area contributed by atoms with Gasteiger partial charge in [0.25, 0.3) is 0 Å². The molecule has 0 atom stereocenters. The minimum Gasteiger partial charge on any atom is -0.497 e. The Morgan fingerprint density at radius 1 is 1.04 bits per heavy atom. The number of hydrogen-bond acceptors (Lipinski definition) is 7. The number of amides is 2. The first-order chi connectivity index (χ1) is 13.6. The first-order valence-electron chi connectivity index (χ1n) is 8.37. The summed E-state index contributed by atoms with van der Waals surface area (Å²) in [5.41, 5.74) is 1.31. The molecule has 1 heterocycles. The first kappa shape index (κ1) is 19.0. The van der Waals surface area contributed by atoms with Crippen molar-refractivity contribution in [3.63, 3.8) is 0 Å². The SMILES string of the molecule is COc1cccc(NC(=O)NCc2nc(-c3ccc(OC)c(OC)c3)no2)c1. The fourth-order valence-corrected chi connectivity index (χ4v) is 2.45. The van der Waals surface area contributed by atoms with Crippen LogP contribution in [0.2, 0.25) is 0 Å². The second-order valence-corrected chi connectivity index (χ2v) is 5.62. The van der Waals surface area contributed by atoms with Gasteiger partial charge in [-0.15, -0.1) is 0 Å². The van der Waals surface area contributed by atoms with Crippen LogP contribution < -0.4 is 24.8 Å². The molecule has 9 nitrogen and oxygen atoms in total. The minimum absolute atomic E-state index is 0.0795. The van der Waals surface area contributed by atoms with Gasteiger partial charge in [-0.05, 0) is 30.3 Å². The lowest BCUT2D eigenvalue weighted by Crippen LogP contribution is -2.28. The van der Waals surface area contributed by atoms with Gasteiger partial charge in [0.1, 0.15) is 5.75 Å². The van der Waals surface area contributed by atoms with Gasteiger partial charge in [-0.25, -0.2) is 4.79 Å². The Labute approximate surface area is 161 Å². The monoisotopic (exact) mass is 384 g/mol. The molecule has 0 spiro atoms. The van der Waals surface area contributed by atoms with Crippen molar-refractivity contribution in [1.29, 1.82) is 0 Å². The number of ether oxygens (including phenoxy) is 3. The molecule has 0 aliphatic heterocycles. The summed E-state index contributed by atoms with van der Waals surface area (Å²) in [7, 11) is 4.67. The number of anilines is 1. The van der Waals surface area contributed by atoms with Crippen LogP contribution in [0, 0.1) is 0 Å². The average molecular weight is 384 g/mol. The number of aromatic nitrogens is 2. The number of carbonyl (C=O) groups excluding carboxylic acids is 1.